The van der Waals surface area contributed by atoms with E-state index in [1.807, 2.05) is 0 Å². The summed E-state index contributed by atoms with van der Waals surface area (Å²) in [7, 11) is 0. The van der Waals surface area contributed by atoms with E-state index in [4.69, 9.17) is 11.2 Å². The molecular formula is C10H17NO. The number of piperidine rings is 1. The highest BCUT2D eigenvalue weighted by atomic mass is 16.5. The lowest BCUT2D eigenvalue weighted by Gasteiger charge is -2.22. The molecule has 1 aliphatic rings. The third-order valence-electron chi connectivity index (χ3n) is 2.21. The van der Waals surface area contributed by atoms with E-state index in [2.05, 4.69) is 11.2 Å². The molecule has 0 bridgehead atoms. The largest absolute Gasteiger partial charge is 0.369 e. The second kappa shape index (κ2) is 6.05. The molecule has 1 heterocycles. The van der Waals surface area contributed by atoms with Crippen LogP contribution in [0.25, 0.3) is 0 Å². The molecule has 1 fully saturated rings. The Balaban J connectivity index is 1.95. The van der Waals surface area contributed by atoms with Crippen molar-refractivity contribution in [3.63, 3.8) is 0 Å². The van der Waals surface area contributed by atoms with Gasteiger partial charge in [0.1, 0.15) is 6.61 Å². The number of hydrogen-bond acceptors (Lipinski definition) is 2. The average Bonchev–Trinajstić information content (AvgIpc) is 2.14. The monoisotopic (exact) mass is 167 g/mol. The van der Waals surface area contributed by atoms with Crippen molar-refractivity contribution in [2.75, 3.05) is 19.8 Å². The number of hydrogen-bond donors (Lipinski definition) is 1. The molecule has 0 unspecified atom stereocenters. The second-order valence-corrected chi connectivity index (χ2v) is 3.19. The summed E-state index contributed by atoms with van der Waals surface area (Å²) in [4.78, 5) is 0. The molecule has 2 nitrogen and oxygen atoms in total. The predicted octanol–water partition coefficient (Wildman–Crippen LogP) is 1.17. The van der Waals surface area contributed by atoms with Crippen LogP contribution in [0.1, 0.15) is 25.7 Å². The van der Waals surface area contributed by atoms with E-state index in [1.165, 1.54) is 25.8 Å². The number of terminal acetylenes is 1. The van der Waals surface area contributed by atoms with Crippen LogP contribution < -0.4 is 5.32 Å². The first kappa shape index (κ1) is 9.57. The van der Waals surface area contributed by atoms with Crippen LogP contribution in [0.3, 0.4) is 0 Å². The van der Waals surface area contributed by atoms with Gasteiger partial charge in [0.15, 0.2) is 0 Å². The van der Waals surface area contributed by atoms with Crippen LogP contribution in [0.2, 0.25) is 0 Å². The van der Waals surface area contributed by atoms with E-state index in [9.17, 15) is 0 Å². The second-order valence-electron chi connectivity index (χ2n) is 3.19. The van der Waals surface area contributed by atoms with Crippen LogP contribution in [0, 0.1) is 12.3 Å². The van der Waals surface area contributed by atoms with E-state index in [1.54, 1.807) is 0 Å². The quantitative estimate of drug-likeness (QED) is 0.501. The molecule has 12 heavy (non-hydrogen) atoms. The molecule has 0 amide bonds. The normalized spacial score (nSPS) is 23.4. The summed E-state index contributed by atoms with van der Waals surface area (Å²) in [5.41, 5.74) is 0. The van der Waals surface area contributed by atoms with Gasteiger partial charge in [-0.3, -0.25) is 0 Å². The van der Waals surface area contributed by atoms with Crippen LogP contribution >= 0.6 is 0 Å². The number of ether oxygens (including phenoxy) is 1. The molecule has 2 heteroatoms. The van der Waals surface area contributed by atoms with Gasteiger partial charge in [0.2, 0.25) is 0 Å². The zero-order chi connectivity index (χ0) is 8.65. The maximum Gasteiger partial charge on any atom is 0.107 e. The first-order chi connectivity index (χ1) is 5.93. The molecule has 1 saturated heterocycles. The van der Waals surface area contributed by atoms with E-state index >= 15 is 0 Å². The van der Waals surface area contributed by atoms with Gasteiger partial charge < -0.3 is 10.1 Å². The van der Waals surface area contributed by atoms with Crippen LogP contribution in [0.5, 0.6) is 0 Å². The smallest absolute Gasteiger partial charge is 0.107 e. The molecule has 68 valence electrons. The molecule has 0 aliphatic carbocycles. The minimum absolute atomic E-state index is 0.451. The summed E-state index contributed by atoms with van der Waals surface area (Å²) in [5.74, 6) is 2.46. The molecule has 1 rings (SSSR count). The standard InChI is InChI=1S/C10H17NO/c1-2-8-12-9-6-10-5-3-4-7-11-10/h1,10-11H,3-9H2/t10-/m0/s1. The molecule has 1 N–H and O–H groups in total. The first-order valence-electron chi connectivity index (χ1n) is 4.68. The van der Waals surface area contributed by atoms with Gasteiger partial charge in [0, 0.05) is 12.6 Å². The summed E-state index contributed by atoms with van der Waals surface area (Å²) < 4.78 is 5.21. The highest BCUT2D eigenvalue weighted by molar-refractivity contribution is 4.83. The Bertz CT molecular complexity index is 144. The van der Waals surface area contributed by atoms with Crippen LogP contribution in [0.4, 0.5) is 0 Å². The van der Waals surface area contributed by atoms with Crippen molar-refractivity contribution >= 4 is 0 Å². The number of nitrogens with one attached hydrogen (secondary N) is 1. The zero-order valence-corrected chi connectivity index (χ0v) is 7.51. The third kappa shape index (κ3) is 3.75. The lowest BCUT2D eigenvalue weighted by Crippen LogP contribution is -2.34. The van der Waals surface area contributed by atoms with E-state index < -0.39 is 0 Å². The van der Waals surface area contributed by atoms with Crippen molar-refractivity contribution in [3.05, 3.63) is 0 Å². The predicted molar refractivity (Wildman–Crippen MR) is 49.9 cm³/mol. The summed E-state index contributed by atoms with van der Waals surface area (Å²) in [6.45, 7) is 2.41. The van der Waals surface area contributed by atoms with Crippen molar-refractivity contribution in [1.82, 2.24) is 5.32 Å². The van der Waals surface area contributed by atoms with Gasteiger partial charge in [-0.15, -0.1) is 6.42 Å². The Labute approximate surface area is 74.7 Å². The molecular weight excluding hydrogens is 150 g/mol. The summed E-state index contributed by atoms with van der Waals surface area (Å²) >= 11 is 0. The van der Waals surface area contributed by atoms with Gasteiger partial charge in [-0.25, -0.2) is 0 Å². The highest BCUT2D eigenvalue weighted by Crippen LogP contribution is 2.09. The summed E-state index contributed by atoms with van der Waals surface area (Å²) in [5, 5.41) is 3.46. The van der Waals surface area contributed by atoms with Gasteiger partial charge >= 0.3 is 0 Å². The van der Waals surface area contributed by atoms with E-state index in [0.717, 1.165) is 13.0 Å². The van der Waals surface area contributed by atoms with Crippen LogP contribution in [0.15, 0.2) is 0 Å². The average molecular weight is 167 g/mol. The first-order valence-corrected chi connectivity index (χ1v) is 4.68. The minimum Gasteiger partial charge on any atom is -0.369 e. The van der Waals surface area contributed by atoms with Crippen molar-refractivity contribution < 1.29 is 4.74 Å². The maximum absolute atomic E-state index is 5.21. The molecule has 0 saturated carbocycles. The lowest BCUT2D eigenvalue weighted by atomic mass is 10.0. The number of rotatable bonds is 4. The molecule has 0 aromatic heterocycles. The van der Waals surface area contributed by atoms with Gasteiger partial charge in [0.25, 0.3) is 0 Å². The van der Waals surface area contributed by atoms with Crippen molar-refractivity contribution in [3.8, 4) is 12.3 Å². The molecule has 0 aromatic rings. The fourth-order valence-corrected chi connectivity index (χ4v) is 1.53. The fraction of sp³-hybridized carbons (Fsp3) is 0.800. The Kier molecular flexibility index (Phi) is 4.82. The fourth-order valence-electron chi connectivity index (χ4n) is 1.53. The Morgan fingerprint density at radius 3 is 3.08 bits per heavy atom. The Morgan fingerprint density at radius 2 is 2.42 bits per heavy atom. The van der Waals surface area contributed by atoms with Crippen molar-refractivity contribution in [2.45, 2.75) is 31.7 Å². The molecule has 1 atom stereocenters. The van der Waals surface area contributed by atoms with Gasteiger partial charge in [0.05, 0.1) is 0 Å². The van der Waals surface area contributed by atoms with Crippen LogP contribution in [-0.4, -0.2) is 25.8 Å². The van der Waals surface area contributed by atoms with Gasteiger partial charge in [-0.1, -0.05) is 12.3 Å². The van der Waals surface area contributed by atoms with Crippen molar-refractivity contribution in [1.29, 1.82) is 0 Å². The van der Waals surface area contributed by atoms with Gasteiger partial charge in [-0.05, 0) is 25.8 Å². The molecule has 1 aliphatic heterocycles. The summed E-state index contributed by atoms with van der Waals surface area (Å²) in [6, 6.07) is 0.663. The minimum atomic E-state index is 0.451. The highest BCUT2D eigenvalue weighted by Gasteiger charge is 2.11. The Morgan fingerprint density at radius 1 is 1.50 bits per heavy atom. The third-order valence-corrected chi connectivity index (χ3v) is 2.21. The summed E-state index contributed by atoms with van der Waals surface area (Å²) in [6.07, 6.45) is 10.1. The molecule has 0 aromatic carbocycles. The Hall–Kier alpha value is -0.520. The van der Waals surface area contributed by atoms with Gasteiger partial charge in [-0.2, -0.15) is 0 Å². The zero-order valence-electron chi connectivity index (χ0n) is 7.51. The maximum atomic E-state index is 5.21. The molecule has 0 radical (unpaired) electrons. The van der Waals surface area contributed by atoms with E-state index in [-0.39, 0.29) is 0 Å². The lowest BCUT2D eigenvalue weighted by molar-refractivity contribution is 0.150. The van der Waals surface area contributed by atoms with Crippen LogP contribution in [-0.2, 0) is 4.74 Å². The SMILES string of the molecule is C#CCOCC[C@@H]1CCCCN1. The van der Waals surface area contributed by atoms with E-state index in [0.29, 0.717) is 12.6 Å². The molecule has 0 spiro atoms. The topological polar surface area (TPSA) is 21.3 Å². The van der Waals surface area contributed by atoms with Crippen molar-refractivity contribution in [2.24, 2.45) is 0 Å².